The van der Waals surface area contributed by atoms with Gasteiger partial charge < -0.3 is 15.6 Å². The van der Waals surface area contributed by atoms with Gasteiger partial charge in [0, 0.05) is 5.56 Å². The highest BCUT2D eigenvalue weighted by Gasteiger charge is 2.39. The van der Waals surface area contributed by atoms with Gasteiger partial charge in [-0.15, -0.1) is 0 Å². The molecule has 0 spiro atoms. The second-order valence-corrected chi connectivity index (χ2v) is 6.83. The van der Waals surface area contributed by atoms with Crippen molar-refractivity contribution in [2.75, 3.05) is 0 Å². The van der Waals surface area contributed by atoms with Gasteiger partial charge in [-0.1, -0.05) is 29.4 Å². The quantitative estimate of drug-likeness (QED) is 0.911. The van der Waals surface area contributed by atoms with Crippen molar-refractivity contribution in [3.63, 3.8) is 0 Å². The van der Waals surface area contributed by atoms with E-state index in [1.807, 2.05) is 45.9 Å². The summed E-state index contributed by atoms with van der Waals surface area (Å²) < 4.78 is 5.22. The predicted molar refractivity (Wildman–Crippen MR) is 88.0 cm³/mol. The van der Waals surface area contributed by atoms with Crippen molar-refractivity contribution in [1.82, 2.24) is 10.5 Å². The number of aromatic nitrogens is 1. The Kier molecular flexibility index (Phi) is 3.76. The first-order valence-corrected chi connectivity index (χ1v) is 7.90. The number of nitrogens with zero attached hydrogens (tertiary/aromatic N) is 1. The van der Waals surface area contributed by atoms with Crippen LogP contribution in [0.3, 0.4) is 0 Å². The lowest BCUT2D eigenvalue weighted by molar-refractivity contribution is -0.126. The topological polar surface area (TPSA) is 81.2 Å². The molecule has 2 atom stereocenters. The van der Waals surface area contributed by atoms with Crippen molar-refractivity contribution in [2.24, 2.45) is 5.73 Å². The van der Waals surface area contributed by atoms with Crippen LogP contribution in [0.1, 0.15) is 48.0 Å². The Morgan fingerprint density at radius 2 is 2.04 bits per heavy atom. The molecule has 122 valence electrons. The fourth-order valence-corrected chi connectivity index (χ4v) is 3.60. The third kappa shape index (κ3) is 2.55. The summed E-state index contributed by atoms with van der Waals surface area (Å²) in [5.74, 6) is 0.627. The van der Waals surface area contributed by atoms with Crippen LogP contribution in [0, 0.1) is 13.8 Å². The molecule has 0 saturated carbocycles. The van der Waals surface area contributed by atoms with Crippen LogP contribution < -0.4 is 11.1 Å². The minimum atomic E-state index is -0.720. The zero-order valence-electron chi connectivity index (χ0n) is 14.0. The van der Waals surface area contributed by atoms with Gasteiger partial charge in [0.25, 0.3) is 0 Å². The van der Waals surface area contributed by atoms with Crippen LogP contribution in [0.5, 0.6) is 0 Å². The van der Waals surface area contributed by atoms with Crippen LogP contribution in [-0.2, 0) is 16.6 Å². The molecule has 0 aliphatic heterocycles. The number of rotatable bonds is 3. The lowest BCUT2D eigenvalue weighted by atomic mass is 9.82. The number of amides is 1. The summed E-state index contributed by atoms with van der Waals surface area (Å²) in [7, 11) is 0. The van der Waals surface area contributed by atoms with E-state index in [1.54, 1.807) is 0 Å². The van der Waals surface area contributed by atoms with E-state index in [1.165, 1.54) is 5.56 Å². The third-order valence-corrected chi connectivity index (χ3v) is 4.83. The Balaban J connectivity index is 1.80. The van der Waals surface area contributed by atoms with E-state index in [-0.39, 0.29) is 18.0 Å². The number of benzene rings is 1. The maximum absolute atomic E-state index is 12.9. The number of nitrogens with one attached hydrogen (secondary N) is 1. The zero-order chi connectivity index (χ0) is 16.8. The average molecular weight is 313 g/mol. The Morgan fingerprint density at radius 1 is 1.35 bits per heavy atom. The van der Waals surface area contributed by atoms with Gasteiger partial charge in [0.15, 0.2) is 0 Å². The molecule has 3 rings (SSSR count). The summed E-state index contributed by atoms with van der Waals surface area (Å²) in [6.45, 7) is 7.48. The van der Waals surface area contributed by atoms with Gasteiger partial charge in [-0.2, -0.15) is 0 Å². The first-order valence-electron chi connectivity index (χ1n) is 7.90. The van der Waals surface area contributed by atoms with Crippen LogP contribution in [-0.4, -0.2) is 17.1 Å². The summed E-state index contributed by atoms with van der Waals surface area (Å²) in [4.78, 5) is 12.9. The maximum atomic E-state index is 12.9. The van der Waals surface area contributed by atoms with Crippen LogP contribution in [0.25, 0.3) is 0 Å². The molecule has 0 bridgehead atoms. The number of hydrogen-bond donors (Lipinski definition) is 2. The Morgan fingerprint density at radius 3 is 2.65 bits per heavy atom. The van der Waals surface area contributed by atoms with Crippen LogP contribution in [0.2, 0.25) is 0 Å². The summed E-state index contributed by atoms with van der Waals surface area (Å²) in [5.41, 5.74) is 9.52. The maximum Gasteiger partial charge on any atom is 0.230 e. The molecule has 1 aromatic carbocycles. The number of nitrogens with two attached hydrogens (primary N) is 1. The van der Waals surface area contributed by atoms with Gasteiger partial charge in [-0.3, -0.25) is 4.79 Å². The molecule has 0 saturated heterocycles. The van der Waals surface area contributed by atoms with Gasteiger partial charge in [0.05, 0.1) is 23.2 Å². The van der Waals surface area contributed by atoms with E-state index in [0.29, 0.717) is 5.76 Å². The minimum Gasteiger partial charge on any atom is -0.361 e. The standard InChI is InChI=1S/C18H23N3O2/c1-10-15(11(2)23-21-10)18(3,4)17(22)20-14-9-12-7-5-6-8-13(12)16(14)19/h5-8,14,16H,9,19H2,1-4H3,(H,20,22)/t14-,16-/m1/s1. The molecule has 0 radical (unpaired) electrons. The zero-order valence-corrected chi connectivity index (χ0v) is 14.0. The number of carbonyl (C=O) groups excluding carboxylic acids is 1. The summed E-state index contributed by atoms with van der Waals surface area (Å²) >= 11 is 0. The molecule has 5 heteroatoms. The van der Waals surface area contributed by atoms with Crippen molar-refractivity contribution in [3.05, 3.63) is 52.4 Å². The van der Waals surface area contributed by atoms with Crippen LogP contribution >= 0.6 is 0 Å². The lowest BCUT2D eigenvalue weighted by Crippen LogP contribution is -2.48. The normalized spacial score (nSPS) is 20.4. The predicted octanol–water partition coefficient (Wildman–Crippen LogP) is 2.31. The van der Waals surface area contributed by atoms with Crippen molar-refractivity contribution < 1.29 is 9.32 Å². The Labute approximate surface area is 136 Å². The monoisotopic (exact) mass is 313 g/mol. The minimum absolute atomic E-state index is 0.0554. The summed E-state index contributed by atoms with van der Waals surface area (Å²) in [6, 6.07) is 7.84. The van der Waals surface area contributed by atoms with Crippen molar-refractivity contribution in [1.29, 1.82) is 0 Å². The van der Waals surface area contributed by atoms with E-state index < -0.39 is 5.41 Å². The Bertz CT molecular complexity index is 729. The second-order valence-electron chi connectivity index (χ2n) is 6.83. The molecule has 1 aliphatic carbocycles. The van der Waals surface area contributed by atoms with Crippen LogP contribution in [0.4, 0.5) is 0 Å². The van der Waals surface area contributed by atoms with Crippen LogP contribution in [0.15, 0.2) is 28.8 Å². The van der Waals surface area contributed by atoms with E-state index in [9.17, 15) is 4.79 Å². The van der Waals surface area contributed by atoms with E-state index in [4.69, 9.17) is 10.3 Å². The first-order chi connectivity index (χ1) is 10.8. The number of carbonyl (C=O) groups is 1. The fraction of sp³-hybridized carbons (Fsp3) is 0.444. The van der Waals surface area contributed by atoms with E-state index in [0.717, 1.165) is 23.2 Å². The van der Waals surface area contributed by atoms with Gasteiger partial charge in [0.2, 0.25) is 5.91 Å². The number of hydrogen-bond acceptors (Lipinski definition) is 4. The molecule has 2 aromatic rings. The third-order valence-electron chi connectivity index (χ3n) is 4.83. The van der Waals surface area contributed by atoms with Gasteiger partial charge in [0.1, 0.15) is 5.76 Å². The summed E-state index contributed by atoms with van der Waals surface area (Å²) in [5, 5.41) is 7.09. The molecule has 0 unspecified atom stereocenters. The largest absolute Gasteiger partial charge is 0.361 e. The second kappa shape index (κ2) is 5.49. The molecule has 0 fully saturated rings. The highest BCUT2D eigenvalue weighted by molar-refractivity contribution is 5.88. The Hall–Kier alpha value is -2.14. The van der Waals surface area contributed by atoms with Gasteiger partial charge >= 0.3 is 0 Å². The highest BCUT2D eigenvalue weighted by Crippen LogP contribution is 2.32. The number of fused-ring (bicyclic) bond motifs is 1. The molecular weight excluding hydrogens is 290 g/mol. The molecule has 3 N–H and O–H groups in total. The molecule has 1 amide bonds. The smallest absolute Gasteiger partial charge is 0.230 e. The fourth-order valence-electron chi connectivity index (χ4n) is 3.60. The van der Waals surface area contributed by atoms with Crippen molar-refractivity contribution in [2.45, 2.75) is 51.6 Å². The molecule has 1 aromatic heterocycles. The lowest BCUT2D eigenvalue weighted by Gasteiger charge is -2.27. The van der Waals surface area contributed by atoms with E-state index >= 15 is 0 Å². The molecule has 1 aliphatic rings. The highest BCUT2D eigenvalue weighted by atomic mass is 16.5. The molecule has 1 heterocycles. The van der Waals surface area contributed by atoms with Gasteiger partial charge in [-0.25, -0.2) is 0 Å². The summed E-state index contributed by atoms with van der Waals surface area (Å²) in [6.07, 6.45) is 0.765. The molecule has 5 nitrogen and oxygen atoms in total. The van der Waals surface area contributed by atoms with E-state index in [2.05, 4.69) is 16.5 Å². The first kappa shape index (κ1) is 15.7. The number of aryl methyl sites for hydroxylation is 2. The molecule has 23 heavy (non-hydrogen) atoms. The average Bonchev–Trinajstić information content (AvgIpc) is 3.00. The van der Waals surface area contributed by atoms with Crippen molar-refractivity contribution in [3.8, 4) is 0 Å². The SMILES string of the molecule is Cc1noc(C)c1C(C)(C)C(=O)N[C@@H]1Cc2ccccc2[C@H]1N. The van der Waals surface area contributed by atoms with Crippen molar-refractivity contribution >= 4 is 5.91 Å². The molecular formula is C18H23N3O2. The van der Waals surface area contributed by atoms with Gasteiger partial charge in [-0.05, 0) is 45.2 Å².